The van der Waals surface area contributed by atoms with Crippen molar-refractivity contribution in [1.82, 2.24) is 10.2 Å². The van der Waals surface area contributed by atoms with Crippen LogP contribution in [0.5, 0.6) is 0 Å². The number of carbonyl (C=O) groups is 1. The lowest BCUT2D eigenvalue weighted by atomic mass is 10.0. The summed E-state index contributed by atoms with van der Waals surface area (Å²) >= 11 is 4.91. The molecular weight excluding hydrogens is 258 g/mol. The van der Waals surface area contributed by atoms with E-state index in [-0.39, 0.29) is 11.4 Å². The van der Waals surface area contributed by atoms with Crippen molar-refractivity contribution in [1.29, 1.82) is 0 Å². The minimum Gasteiger partial charge on any atom is -0.389 e. The van der Waals surface area contributed by atoms with Gasteiger partial charge in [0.1, 0.15) is 4.99 Å². The van der Waals surface area contributed by atoms with Crippen LogP contribution in [-0.4, -0.2) is 42.0 Å². The molecular formula is C14H21N3OS. The molecule has 1 aromatic carbocycles. The zero-order valence-electron chi connectivity index (χ0n) is 11.9. The number of thiocarbonyl (C=S) groups is 1. The van der Waals surface area contributed by atoms with Gasteiger partial charge in [0.25, 0.3) is 5.91 Å². The second-order valence-corrected chi connectivity index (χ2v) is 5.77. The smallest absolute Gasteiger partial charge is 0.251 e. The number of nitrogens with one attached hydrogen (secondary N) is 1. The van der Waals surface area contributed by atoms with Gasteiger partial charge in [-0.3, -0.25) is 4.79 Å². The predicted molar refractivity (Wildman–Crippen MR) is 82.4 cm³/mol. The van der Waals surface area contributed by atoms with E-state index in [4.69, 9.17) is 18.0 Å². The molecule has 0 heterocycles. The SMILES string of the molecule is CN(C)C(C)(C)CNC(=O)c1cccc(C(N)=S)c1. The lowest BCUT2D eigenvalue weighted by molar-refractivity contribution is 0.0919. The van der Waals surface area contributed by atoms with Crippen LogP contribution in [0.15, 0.2) is 24.3 Å². The first-order valence-corrected chi connectivity index (χ1v) is 6.50. The molecule has 0 radical (unpaired) electrons. The van der Waals surface area contributed by atoms with E-state index in [1.54, 1.807) is 24.3 Å². The van der Waals surface area contributed by atoms with Crippen molar-refractivity contribution in [3.05, 3.63) is 35.4 Å². The average molecular weight is 279 g/mol. The molecule has 0 bridgehead atoms. The molecule has 0 atom stereocenters. The molecule has 0 aliphatic carbocycles. The van der Waals surface area contributed by atoms with Crippen molar-refractivity contribution in [2.45, 2.75) is 19.4 Å². The third-order valence-electron chi connectivity index (χ3n) is 3.30. The normalized spacial score (nSPS) is 11.4. The van der Waals surface area contributed by atoms with Gasteiger partial charge in [-0.15, -0.1) is 0 Å². The highest BCUT2D eigenvalue weighted by Gasteiger charge is 2.21. The Balaban J connectivity index is 2.74. The van der Waals surface area contributed by atoms with E-state index < -0.39 is 0 Å². The summed E-state index contributed by atoms with van der Waals surface area (Å²) in [6, 6.07) is 7.03. The Hall–Kier alpha value is -1.46. The molecule has 0 aliphatic rings. The summed E-state index contributed by atoms with van der Waals surface area (Å²) in [5.74, 6) is -0.118. The number of nitrogens with zero attached hydrogens (tertiary/aromatic N) is 1. The van der Waals surface area contributed by atoms with Crippen LogP contribution in [0.2, 0.25) is 0 Å². The van der Waals surface area contributed by atoms with Gasteiger partial charge in [-0.05, 0) is 40.1 Å². The quantitative estimate of drug-likeness (QED) is 0.800. The molecule has 1 aromatic rings. The fraction of sp³-hybridized carbons (Fsp3) is 0.429. The molecule has 0 unspecified atom stereocenters. The first kappa shape index (κ1) is 15.6. The van der Waals surface area contributed by atoms with E-state index in [2.05, 4.69) is 24.1 Å². The van der Waals surface area contributed by atoms with Gasteiger partial charge in [0.2, 0.25) is 0 Å². The molecule has 4 nitrogen and oxygen atoms in total. The van der Waals surface area contributed by atoms with Crippen molar-refractivity contribution in [3.8, 4) is 0 Å². The van der Waals surface area contributed by atoms with E-state index in [1.165, 1.54) is 0 Å². The highest BCUT2D eigenvalue weighted by atomic mass is 32.1. The van der Waals surface area contributed by atoms with Crippen LogP contribution in [0.25, 0.3) is 0 Å². The molecule has 0 aromatic heterocycles. The van der Waals surface area contributed by atoms with Crippen LogP contribution in [0.3, 0.4) is 0 Å². The van der Waals surface area contributed by atoms with Crippen LogP contribution in [0, 0.1) is 0 Å². The lowest BCUT2D eigenvalue weighted by Gasteiger charge is -2.32. The largest absolute Gasteiger partial charge is 0.389 e. The van der Waals surface area contributed by atoms with Gasteiger partial charge in [0.05, 0.1) is 0 Å². The number of hydrogen-bond acceptors (Lipinski definition) is 3. The van der Waals surface area contributed by atoms with E-state index in [1.807, 2.05) is 14.1 Å². The van der Waals surface area contributed by atoms with Crippen molar-refractivity contribution < 1.29 is 4.79 Å². The van der Waals surface area contributed by atoms with E-state index in [0.717, 1.165) is 0 Å². The van der Waals surface area contributed by atoms with Gasteiger partial charge >= 0.3 is 0 Å². The summed E-state index contributed by atoms with van der Waals surface area (Å²) in [4.78, 5) is 14.4. The van der Waals surface area contributed by atoms with Crippen molar-refractivity contribution >= 4 is 23.1 Å². The number of nitrogens with two attached hydrogens (primary N) is 1. The van der Waals surface area contributed by atoms with Crippen LogP contribution < -0.4 is 11.1 Å². The molecule has 0 spiro atoms. The average Bonchev–Trinajstić information content (AvgIpc) is 2.36. The Labute approximate surface area is 120 Å². The fourth-order valence-corrected chi connectivity index (χ4v) is 1.50. The predicted octanol–water partition coefficient (Wildman–Crippen LogP) is 1.39. The Kier molecular flexibility index (Phi) is 5.03. The number of hydrogen-bond donors (Lipinski definition) is 2. The van der Waals surface area contributed by atoms with Crippen LogP contribution in [-0.2, 0) is 0 Å². The maximum atomic E-state index is 12.1. The second-order valence-electron chi connectivity index (χ2n) is 5.33. The Bertz CT molecular complexity index is 483. The van der Waals surface area contributed by atoms with Gasteiger partial charge in [-0.1, -0.05) is 24.4 Å². The number of amides is 1. The summed E-state index contributed by atoms with van der Waals surface area (Å²) in [6.07, 6.45) is 0. The maximum absolute atomic E-state index is 12.1. The molecule has 3 N–H and O–H groups in total. The zero-order valence-corrected chi connectivity index (χ0v) is 12.7. The number of benzene rings is 1. The standard InChI is InChI=1S/C14H21N3OS/c1-14(2,17(3)4)9-16-13(18)11-7-5-6-10(8-11)12(15)19/h5-8H,9H2,1-4H3,(H2,15,19)(H,16,18). The highest BCUT2D eigenvalue weighted by Crippen LogP contribution is 2.09. The highest BCUT2D eigenvalue weighted by molar-refractivity contribution is 7.80. The molecule has 19 heavy (non-hydrogen) atoms. The topological polar surface area (TPSA) is 58.4 Å². The van der Waals surface area contributed by atoms with Crippen molar-refractivity contribution in [2.75, 3.05) is 20.6 Å². The summed E-state index contributed by atoms with van der Waals surface area (Å²) in [5.41, 5.74) is 6.73. The molecule has 0 saturated carbocycles. The molecule has 1 rings (SSSR count). The van der Waals surface area contributed by atoms with Gasteiger partial charge < -0.3 is 16.0 Å². The minimum absolute atomic E-state index is 0.101. The number of likely N-dealkylation sites (N-methyl/N-ethyl adjacent to an activating group) is 1. The van der Waals surface area contributed by atoms with E-state index >= 15 is 0 Å². The lowest BCUT2D eigenvalue weighted by Crippen LogP contribution is -2.48. The third kappa shape index (κ3) is 4.29. The first-order valence-electron chi connectivity index (χ1n) is 6.09. The molecule has 1 amide bonds. The van der Waals surface area contributed by atoms with Crippen LogP contribution in [0.1, 0.15) is 29.8 Å². The fourth-order valence-electron chi connectivity index (χ4n) is 1.37. The number of carbonyl (C=O) groups excluding carboxylic acids is 1. The third-order valence-corrected chi connectivity index (χ3v) is 3.54. The van der Waals surface area contributed by atoms with Crippen molar-refractivity contribution in [3.63, 3.8) is 0 Å². The minimum atomic E-state index is -0.118. The Morgan fingerprint density at radius 2 is 1.95 bits per heavy atom. The summed E-state index contributed by atoms with van der Waals surface area (Å²) in [6.45, 7) is 4.70. The summed E-state index contributed by atoms with van der Waals surface area (Å²) in [5, 5.41) is 2.92. The molecule has 0 aliphatic heterocycles. The first-order chi connectivity index (χ1) is 8.74. The summed E-state index contributed by atoms with van der Waals surface area (Å²) in [7, 11) is 3.97. The second kappa shape index (κ2) is 6.12. The van der Waals surface area contributed by atoms with Gasteiger partial charge in [0, 0.05) is 23.2 Å². The molecule has 104 valence electrons. The maximum Gasteiger partial charge on any atom is 0.251 e. The Morgan fingerprint density at radius 3 is 2.47 bits per heavy atom. The Morgan fingerprint density at radius 1 is 1.37 bits per heavy atom. The van der Waals surface area contributed by atoms with Gasteiger partial charge in [0.15, 0.2) is 0 Å². The molecule has 0 saturated heterocycles. The molecule has 5 heteroatoms. The molecule has 0 fully saturated rings. The number of rotatable bonds is 5. The van der Waals surface area contributed by atoms with Crippen LogP contribution >= 0.6 is 12.2 Å². The zero-order chi connectivity index (χ0) is 14.6. The van der Waals surface area contributed by atoms with Gasteiger partial charge in [-0.2, -0.15) is 0 Å². The van der Waals surface area contributed by atoms with Crippen molar-refractivity contribution in [2.24, 2.45) is 5.73 Å². The van der Waals surface area contributed by atoms with Gasteiger partial charge in [-0.25, -0.2) is 0 Å². The van der Waals surface area contributed by atoms with E-state index in [0.29, 0.717) is 22.7 Å². The monoisotopic (exact) mass is 279 g/mol. The summed E-state index contributed by atoms with van der Waals surface area (Å²) < 4.78 is 0. The van der Waals surface area contributed by atoms with E-state index in [9.17, 15) is 4.79 Å². The van der Waals surface area contributed by atoms with Crippen LogP contribution in [0.4, 0.5) is 0 Å².